The second kappa shape index (κ2) is 8.38. The fourth-order valence-corrected chi connectivity index (χ4v) is 3.06. The lowest BCUT2D eigenvalue weighted by Crippen LogP contribution is -2.42. The van der Waals surface area contributed by atoms with Crippen LogP contribution in [0.15, 0.2) is 29.3 Å². The minimum absolute atomic E-state index is 0.706. The van der Waals surface area contributed by atoms with Gasteiger partial charge < -0.3 is 15.4 Å². The average Bonchev–Trinajstić information content (AvgIpc) is 3.50. The molecule has 2 saturated carbocycles. The minimum Gasteiger partial charge on any atom is -0.496 e. The number of rotatable bonds is 9. The maximum atomic E-state index is 5.39. The molecule has 0 unspecified atom stereocenters. The molecular weight excluding hydrogens is 300 g/mol. The van der Waals surface area contributed by atoms with Gasteiger partial charge in [-0.3, -0.25) is 9.89 Å². The summed E-state index contributed by atoms with van der Waals surface area (Å²) in [5, 5.41) is 6.81. The molecule has 0 spiro atoms. The summed E-state index contributed by atoms with van der Waals surface area (Å²) in [5.41, 5.74) is 1.14. The highest BCUT2D eigenvalue weighted by Crippen LogP contribution is 2.34. The molecule has 2 fully saturated rings. The van der Waals surface area contributed by atoms with E-state index in [0.29, 0.717) is 6.54 Å². The van der Waals surface area contributed by atoms with Gasteiger partial charge in [0.25, 0.3) is 0 Å². The molecule has 0 bridgehead atoms. The molecule has 3 rings (SSSR count). The monoisotopic (exact) mass is 330 g/mol. The van der Waals surface area contributed by atoms with Gasteiger partial charge in [0.1, 0.15) is 5.75 Å². The van der Waals surface area contributed by atoms with Crippen LogP contribution >= 0.6 is 0 Å². The predicted molar refractivity (Wildman–Crippen MR) is 98.5 cm³/mol. The Hall–Kier alpha value is -1.75. The Morgan fingerprint density at radius 3 is 2.67 bits per heavy atom. The number of hydrogen-bond donors (Lipinski definition) is 2. The van der Waals surface area contributed by atoms with Gasteiger partial charge in [-0.2, -0.15) is 0 Å². The van der Waals surface area contributed by atoms with Crippen molar-refractivity contribution in [3.8, 4) is 5.75 Å². The van der Waals surface area contributed by atoms with E-state index in [0.717, 1.165) is 42.3 Å². The highest BCUT2D eigenvalue weighted by Gasteiger charge is 2.33. The third kappa shape index (κ3) is 5.13. The fourth-order valence-electron chi connectivity index (χ4n) is 3.06. The van der Waals surface area contributed by atoms with Gasteiger partial charge in [-0.25, -0.2) is 0 Å². The number of guanidine groups is 1. The van der Waals surface area contributed by atoms with E-state index in [-0.39, 0.29) is 0 Å². The van der Waals surface area contributed by atoms with Crippen LogP contribution in [-0.4, -0.2) is 50.7 Å². The summed E-state index contributed by atoms with van der Waals surface area (Å²) in [6, 6.07) is 8.92. The van der Waals surface area contributed by atoms with Crippen molar-refractivity contribution < 1.29 is 4.74 Å². The Labute approximate surface area is 145 Å². The number of benzene rings is 1. The van der Waals surface area contributed by atoms with Crippen LogP contribution in [0, 0.1) is 5.92 Å². The number of hydrogen-bond acceptors (Lipinski definition) is 3. The van der Waals surface area contributed by atoms with Crippen LogP contribution < -0.4 is 15.4 Å². The third-order valence-corrected chi connectivity index (χ3v) is 4.81. The summed E-state index contributed by atoms with van der Waals surface area (Å²) in [6.45, 7) is 4.04. The first-order valence-corrected chi connectivity index (χ1v) is 9.10. The van der Waals surface area contributed by atoms with E-state index in [4.69, 9.17) is 4.74 Å². The summed E-state index contributed by atoms with van der Waals surface area (Å²) in [5.74, 6) is 2.72. The molecule has 5 heteroatoms. The van der Waals surface area contributed by atoms with Crippen LogP contribution in [0.2, 0.25) is 0 Å². The van der Waals surface area contributed by atoms with Gasteiger partial charge in [0.15, 0.2) is 5.96 Å². The smallest absolute Gasteiger partial charge is 0.191 e. The maximum Gasteiger partial charge on any atom is 0.191 e. The van der Waals surface area contributed by atoms with Crippen LogP contribution in [0.5, 0.6) is 5.75 Å². The average molecular weight is 330 g/mol. The predicted octanol–water partition coefficient (Wildman–Crippen LogP) is 2.23. The van der Waals surface area contributed by atoms with E-state index in [1.807, 2.05) is 25.2 Å². The fraction of sp³-hybridized carbons (Fsp3) is 0.632. The topological polar surface area (TPSA) is 48.9 Å². The van der Waals surface area contributed by atoms with Crippen molar-refractivity contribution in [1.29, 1.82) is 0 Å². The number of para-hydroxylation sites is 1. The minimum atomic E-state index is 0.706. The number of aliphatic imine (C=N–C) groups is 1. The number of methoxy groups -OCH3 is 1. The molecule has 1 aromatic carbocycles. The molecule has 132 valence electrons. The van der Waals surface area contributed by atoms with Crippen molar-refractivity contribution >= 4 is 5.96 Å². The molecule has 1 aromatic rings. The summed E-state index contributed by atoms with van der Waals surface area (Å²) >= 11 is 0. The summed E-state index contributed by atoms with van der Waals surface area (Å²) in [4.78, 5) is 6.99. The van der Waals surface area contributed by atoms with Gasteiger partial charge in [0, 0.05) is 44.8 Å². The van der Waals surface area contributed by atoms with Crippen molar-refractivity contribution in [3.05, 3.63) is 29.8 Å². The molecule has 24 heavy (non-hydrogen) atoms. The molecule has 0 aromatic heterocycles. The van der Waals surface area contributed by atoms with E-state index >= 15 is 0 Å². The lowest BCUT2D eigenvalue weighted by Gasteiger charge is -2.22. The molecule has 2 aliphatic rings. The van der Waals surface area contributed by atoms with Crippen LogP contribution in [0.25, 0.3) is 0 Å². The van der Waals surface area contributed by atoms with Crippen LogP contribution in [0.3, 0.4) is 0 Å². The standard InChI is InChI=1S/C19H30N4O/c1-20-19(22-13-16-5-3-4-6-18(16)24-2)21-11-12-23(17-9-10-17)14-15-7-8-15/h3-6,15,17H,7-14H2,1-2H3,(H2,20,21,22). The molecular formula is C19H30N4O. The van der Waals surface area contributed by atoms with Crippen molar-refractivity contribution in [2.45, 2.75) is 38.3 Å². The first kappa shape index (κ1) is 17.1. The lowest BCUT2D eigenvalue weighted by molar-refractivity contribution is 0.256. The van der Waals surface area contributed by atoms with Crippen LogP contribution in [0.1, 0.15) is 31.2 Å². The Balaban J connectivity index is 1.41. The molecule has 0 atom stereocenters. The zero-order chi connectivity index (χ0) is 16.8. The van der Waals surface area contributed by atoms with E-state index in [1.54, 1.807) is 7.11 Å². The number of nitrogens with zero attached hydrogens (tertiary/aromatic N) is 2. The SMILES string of the molecule is CN=C(NCCN(CC1CC1)C1CC1)NCc1ccccc1OC. The van der Waals surface area contributed by atoms with Crippen LogP contribution in [0.4, 0.5) is 0 Å². The highest BCUT2D eigenvalue weighted by atomic mass is 16.5. The van der Waals surface area contributed by atoms with Crippen LogP contribution in [-0.2, 0) is 6.54 Å². The lowest BCUT2D eigenvalue weighted by atomic mass is 10.2. The van der Waals surface area contributed by atoms with Crippen molar-refractivity contribution in [2.24, 2.45) is 10.9 Å². The van der Waals surface area contributed by atoms with Crippen molar-refractivity contribution in [2.75, 3.05) is 33.8 Å². The Morgan fingerprint density at radius 1 is 1.21 bits per heavy atom. The molecule has 0 radical (unpaired) electrons. The van der Waals surface area contributed by atoms with E-state index < -0.39 is 0 Å². The van der Waals surface area contributed by atoms with Gasteiger partial charge >= 0.3 is 0 Å². The Bertz CT molecular complexity index is 552. The van der Waals surface area contributed by atoms with Gasteiger partial charge in [-0.1, -0.05) is 18.2 Å². The van der Waals surface area contributed by atoms with Crippen molar-refractivity contribution in [3.63, 3.8) is 0 Å². The third-order valence-electron chi connectivity index (χ3n) is 4.81. The first-order valence-electron chi connectivity index (χ1n) is 9.10. The summed E-state index contributed by atoms with van der Waals surface area (Å²) < 4.78 is 5.39. The number of nitrogens with one attached hydrogen (secondary N) is 2. The summed E-state index contributed by atoms with van der Waals surface area (Å²) in [6.07, 6.45) is 5.62. The van der Waals surface area contributed by atoms with Gasteiger partial charge in [0.05, 0.1) is 7.11 Å². The molecule has 2 aliphatic carbocycles. The highest BCUT2D eigenvalue weighted by molar-refractivity contribution is 5.79. The van der Waals surface area contributed by atoms with E-state index in [2.05, 4.69) is 26.6 Å². The van der Waals surface area contributed by atoms with Gasteiger partial charge in [0.2, 0.25) is 0 Å². The van der Waals surface area contributed by atoms with Crippen molar-refractivity contribution in [1.82, 2.24) is 15.5 Å². The molecule has 0 amide bonds. The molecule has 0 aliphatic heterocycles. The first-order chi connectivity index (χ1) is 11.8. The zero-order valence-corrected chi connectivity index (χ0v) is 14.9. The summed E-state index contributed by atoms with van der Waals surface area (Å²) in [7, 11) is 3.53. The quantitative estimate of drug-likeness (QED) is 0.538. The Morgan fingerprint density at radius 2 is 2.00 bits per heavy atom. The zero-order valence-electron chi connectivity index (χ0n) is 14.9. The molecule has 2 N–H and O–H groups in total. The molecule has 5 nitrogen and oxygen atoms in total. The Kier molecular flexibility index (Phi) is 5.96. The normalized spacial score (nSPS) is 17.9. The second-order valence-corrected chi connectivity index (χ2v) is 6.83. The van der Waals surface area contributed by atoms with Gasteiger partial charge in [-0.05, 0) is 37.7 Å². The van der Waals surface area contributed by atoms with Gasteiger partial charge in [-0.15, -0.1) is 0 Å². The van der Waals surface area contributed by atoms with E-state index in [1.165, 1.54) is 32.2 Å². The second-order valence-electron chi connectivity index (χ2n) is 6.83. The largest absolute Gasteiger partial charge is 0.496 e. The molecule has 0 saturated heterocycles. The maximum absolute atomic E-state index is 5.39. The molecule has 0 heterocycles. The van der Waals surface area contributed by atoms with E-state index in [9.17, 15) is 0 Å². The number of ether oxygens (including phenoxy) is 1.